The van der Waals surface area contributed by atoms with Crippen LogP contribution < -0.4 is 18.9 Å². The Kier molecular flexibility index (Phi) is 7.17. The molecule has 0 aliphatic carbocycles. The molecule has 0 fully saturated rings. The van der Waals surface area contributed by atoms with Crippen molar-refractivity contribution >= 4 is 22.6 Å². The number of para-hydroxylation sites is 2. The molecule has 178 valence electrons. The second kappa shape index (κ2) is 10.3. The third-order valence-corrected chi connectivity index (χ3v) is 6.38. The Morgan fingerprint density at radius 3 is 2.15 bits per heavy atom. The summed E-state index contributed by atoms with van der Waals surface area (Å²) in [7, 11) is 4.82. The first-order valence-corrected chi connectivity index (χ1v) is 11.5. The lowest BCUT2D eigenvalue weighted by Gasteiger charge is -2.15. The van der Waals surface area contributed by atoms with Gasteiger partial charge in [0.1, 0.15) is 11.6 Å². The van der Waals surface area contributed by atoms with Crippen LogP contribution in [-0.4, -0.2) is 37.5 Å². The Hall–Kier alpha value is -3.38. The molecule has 34 heavy (non-hydrogen) atoms. The third kappa shape index (κ3) is 4.64. The smallest absolute Gasteiger partial charge is 0.203 e. The van der Waals surface area contributed by atoms with Crippen LogP contribution in [-0.2, 0) is 6.54 Å². The van der Waals surface area contributed by atoms with Crippen molar-refractivity contribution in [2.24, 2.45) is 0 Å². The number of ether oxygens (including phenoxy) is 4. The van der Waals surface area contributed by atoms with E-state index in [2.05, 4.69) is 10.6 Å². The van der Waals surface area contributed by atoms with E-state index in [1.54, 1.807) is 21.3 Å². The van der Waals surface area contributed by atoms with E-state index in [9.17, 15) is 0 Å². The maximum absolute atomic E-state index is 6.28. The molecule has 0 atom stereocenters. The molecule has 6 nitrogen and oxygen atoms in total. The summed E-state index contributed by atoms with van der Waals surface area (Å²) in [5.41, 5.74) is 4.90. The quantitative estimate of drug-likeness (QED) is 0.257. The van der Waals surface area contributed by atoms with E-state index in [1.807, 2.05) is 56.3 Å². The van der Waals surface area contributed by atoms with Gasteiger partial charge < -0.3 is 23.5 Å². The van der Waals surface area contributed by atoms with Crippen LogP contribution in [0.1, 0.15) is 17.5 Å². The predicted molar refractivity (Wildman–Crippen MR) is 136 cm³/mol. The van der Waals surface area contributed by atoms with Gasteiger partial charge in [-0.25, -0.2) is 4.98 Å². The van der Waals surface area contributed by atoms with E-state index in [-0.39, 0.29) is 0 Å². The van der Waals surface area contributed by atoms with E-state index < -0.39 is 0 Å². The second-order valence-electron chi connectivity index (χ2n) is 8.06. The zero-order valence-electron chi connectivity index (χ0n) is 20.1. The second-order valence-corrected chi connectivity index (χ2v) is 8.44. The number of aryl methyl sites for hydroxylation is 3. The number of hydrogen-bond donors (Lipinski definition) is 0. The first-order valence-electron chi connectivity index (χ1n) is 11.1. The van der Waals surface area contributed by atoms with Crippen LogP contribution in [0.3, 0.4) is 0 Å². The highest BCUT2D eigenvalue weighted by Gasteiger charge is 2.19. The van der Waals surface area contributed by atoms with Crippen molar-refractivity contribution in [3.63, 3.8) is 0 Å². The minimum Gasteiger partial charge on any atom is -0.494 e. The Morgan fingerprint density at radius 2 is 1.53 bits per heavy atom. The molecule has 0 saturated carbocycles. The van der Waals surface area contributed by atoms with Gasteiger partial charge in [0.05, 0.1) is 39.0 Å². The van der Waals surface area contributed by atoms with Crippen LogP contribution in [0.2, 0.25) is 5.02 Å². The minimum atomic E-state index is 0.554. The summed E-state index contributed by atoms with van der Waals surface area (Å²) in [6.07, 6.45) is 0.804. The minimum absolute atomic E-state index is 0.554. The standard InChI is InChI=1S/C27H29ClN2O4/c1-17-13-20(14-18(2)25(17)28)34-12-8-11-30-22-10-7-6-9-21(22)29-27(30)19-15-23(31-3)26(33-5)24(16-19)32-4/h6-7,9-10,13-16H,8,11-12H2,1-5H3. The molecular weight excluding hydrogens is 452 g/mol. The number of hydrogen-bond acceptors (Lipinski definition) is 5. The summed E-state index contributed by atoms with van der Waals surface area (Å²) >= 11 is 6.28. The molecule has 7 heteroatoms. The molecule has 0 aliphatic rings. The van der Waals surface area contributed by atoms with Gasteiger partial charge in [-0.15, -0.1) is 0 Å². The van der Waals surface area contributed by atoms with Gasteiger partial charge in [0.2, 0.25) is 5.75 Å². The van der Waals surface area contributed by atoms with Crippen molar-refractivity contribution in [3.8, 4) is 34.4 Å². The summed E-state index contributed by atoms with van der Waals surface area (Å²) in [4.78, 5) is 4.91. The lowest BCUT2D eigenvalue weighted by Crippen LogP contribution is -2.07. The van der Waals surface area contributed by atoms with Gasteiger partial charge >= 0.3 is 0 Å². The first kappa shape index (κ1) is 23.8. The first-order chi connectivity index (χ1) is 16.5. The summed E-state index contributed by atoms with van der Waals surface area (Å²) in [6.45, 7) is 5.28. The molecule has 0 unspecified atom stereocenters. The van der Waals surface area contributed by atoms with Gasteiger partial charge in [0.25, 0.3) is 0 Å². The molecule has 0 N–H and O–H groups in total. The van der Waals surface area contributed by atoms with E-state index in [0.29, 0.717) is 23.9 Å². The molecule has 4 rings (SSSR count). The highest BCUT2D eigenvalue weighted by Crippen LogP contribution is 2.41. The molecule has 0 spiro atoms. The van der Waals surface area contributed by atoms with E-state index in [0.717, 1.165) is 57.3 Å². The average molecular weight is 481 g/mol. The van der Waals surface area contributed by atoms with Crippen LogP contribution in [0.4, 0.5) is 0 Å². The maximum Gasteiger partial charge on any atom is 0.203 e. The van der Waals surface area contributed by atoms with Gasteiger partial charge in [0, 0.05) is 17.1 Å². The van der Waals surface area contributed by atoms with Crippen molar-refractivity contribution in [3.05, 3.63) is 64.7 Å². The number of benzene rings is 3. The fraction of sp³-hybridized carbons (Fsp3) is 0.296. The van der Waals surface area contributed by atoms with Crippen molar-refractivity contribution in [1.82, 2.24) is 9.55 Å². The van der Waals surface area contributed by atoms with E-state index in [1.165, 1.54) is 0 Å². The number of rotatable bonds is 9. The van der Waals surface area contributed by atoms with E-state index in [4.69, 9.17) is 35.5 Å². The van der Waals surface area contributed by atoms with Crippen molar-refractivity contribution in [1.29, 1.82) is 0 Å². The number of fused-ring (bicyclic) bond motifs is 1. The van der Waals surface area contributed by atoms with Crippen molar-refractivity contribution in [2.45, 2.75) is 26.8 Å². The molecule has 1 heterocycles. The number of halogens is 1. The lowest BCUT2D eigenvalue weighted by molar-refractivity contribution is 0.302. The molecule has 0 aliphatic heterocycles. The number of nitrogens with zero attached hydrogens (tertiary/aromatic N) is 2. The van der Waals surface area contributed by atoms with Crippen LogP contribution in [0.25, 0.3) is 22.4 Å². The number of imidazole rings is 1. The molecule has 0 radical (unpaired) electrons. The van der Waals surface area contributed by atoms with Crippen LogP contribution in [0, 0.1) is 13.8 Å². The SMILES string of the molecule is COc1cc(-c2nc3ccccc3n2CCCOc2cc(C)c(Cl)c(C)c2)cc(OC)c1OC. The molecule has 3 aromatic carbocycles. The van der Waals surface area contributed by atoms with E-state index >= 15 is 0 Å². The van der Waals surface area contributed by atoms with Crippen LogP contribution in [0.15, 0.2) is 48.5 Å². The Bertz CT molecular complexity index is 1270. The lowest BCUT2D eigenvalue weighted by atomic mass is 10.1. The Morgan fingerprint density at radius 1 is 0.882 bits per heavy atom. The molecule has 0 bridgehead atoms. The zero-order chi connectivity index (χ0) is 24.2. The van der Waals surface area contributed by atoms with Crippen LogP contribution >= 0.6 is 11.6 Å². The predicted octanol–water partition coefficient (Wildman–Crippen LogP) is 6.47. The number of aromatic nitrogens is 2. The van der Waals surface area contributed by atoms with Gasteiger partial charge in [-0.2, -0.15) is 0 Å². The Balaban J connectivity index is 1.63. The summed E-state index contributed by atoms with van der Waals surface area (Å²) < 4.78 is 24.8. The molecule has 1 aromatic heterocycles. The summed E-state index contributed by atoms with van der Waals surface area (Å²) in [5.74, 6) is 3.40. The maximum atomic E-state index is 6.28. The average Bonchev–Trinajstić information content (AvgIpc) is 3.22. The molecular formula is C27H29ClN2O4. The largest absolute Gasteiger partial charge is 0.494 e. The van der Waals surface area contributed by atoms with Gasteiger partial charge in [0.15, 0.2) is 11.5 Å². The fourth-order valence-electron chi connectivity index (χ4n) is 4.13. The summed E-state index contributed by atoms with van der Waals surface area (Å²) in [6, 6.07) is 15.9. The topological polar surface area (TPSA) is 54.7 Å². The monoisotopic (exact) mass is 480 g/mol. The van der Waals surface area contributed by atoms with Crippen molar-refractivity contribution < 1.29 is 18.9 Å². The van der Waals surface area contributed by atoms with Gasteiger partial charge in [-0.05, 0) is 67.8 Å². The van der Waals surface area contributed by atoms with Crippen LogP contribution in [0.5, 0.6) is 23.0 Å². The molecule has 4 aromatic rings. The summed E-state index contributed by atoms with van der Waals surface area (Å²) in [5, 5.41) is 0.784. The normalized spacial score (nSPS) is 11.0. The third-order valence-electron chi connectivity index (χ3n) is 5.78. The highest BCUT2D eigenvalue weighted by molar-refractivity contribution is 6.32. The number of methoxy groups -OCH3 is 3. The fourth-order valence-corrected chi connectivity index (χ4v) is 4.24. The molecule has 0 saturated heterocycles. The Labute approximate surface area is 205 Å². The van der Waals surface area contributed by atoms with Gasteiger partial charge in [-0.1, -0.05) is 23.7 Å². The van der Waals surface area contributed by atoms with Crippen molar-refractivity contribution in [2.75, 3.05) is 27.9 Å². The highest BCUT2D eigenvalue weighted by atomic mass is 35.5. The van der Waals surface area contributed by atoms with Gasteiger partial charge in [-0.3, -0.25) is 0 Å². The molecule has 0 amide bonds. The zero-order valence-corrected chi connectivity index (χ0v) is 20.9.